The molecule has 2 rings (SSSR count). The molecule has 164 valence electrons. The van der Waals surface area contributed by atoms with Crippen LogP contribution < -0.4 is 4.74 Å². The van der Waals surface area contributed by atoms with E-state index in [9.17, 15) is 10.2 Å². The van der Waals surface area contributed by atoms with Gasteiger partial charge in [0, 0.05) is 5.56 Å². The molecule has 30 heavy (non-hydrogen) atoms. The van der Waals surface area contributed by atoms with Crippen LogP contribution in [0.1, 0.15) is 77.8 Å². The molecule has 1 aliphatic heterocycles. The number of benzene rings is 1. The van der Waals surface area contributed by atoms with Crippen molar-refractivity contribution < 1.29 is 14.9 Å². The van der Waals surface area contributed by atoms with E-state index in [1.54, 1.807) is 12.1 Å². The Hall–Kier alpha value is -2.26. The smallest absolute Gasteiger partial charge is 0.131 e. The van der Waals surface area contributed by atoms with Gasteiger partial charge in [0.1, 0.15) is 17.1 Å². The monoisotopic (exact) mass is 410 g/mol. The highest BCUT2D eigenvalue weighted by Crippen LogP contribution is 2.38. The zero-order valence-electron chi connectivity index (χ0n) is 19.5. The molecule has 0 bridgehead atoms. The van der Waals surface area contributed by atoms with Crippen molar-refractivity contribution in [3.8, 4) is 11.5 Å². The molecule has 0 aliphatic carbocycles. The maximum atomic E-state index is 10.5. The zero-order chi connectivity index (χ0) is 22.4. The zero-order valence-corrected chi connectivity index (χ0v) is 19.5. The van der Waals surface area contributed by atoms with Crippen LogP contribution in [0.5, 0.6) is 11.5 Å². The van der Waals surface area contributed by atoms with Gasteiger partial charge in [0.05, 0.1) is 5.60 Å². The molecule has 0 fully saturated rings. The number of ether oxygens (including phenoxy) is 1. The van der Waals surface area contributed by atoms with Crippen LogP contribution in [0.3, 0.4) is 0 Å². The molecular weight excluding hydrogens is 372 g/mol. The van der Waals surface area contributed by atoms with Gasteiger partial charge in [-0.25, -0.2) is 0 Å². The first-order valence-electron chi connectivity index (χ1n) is 10.9. The van der Waals surface area contributed by atoms with Gasteiger partial charge in [-0.1, -0.05) is 41.5 Å². The Morgan fingerprint density at radius 1 is 1.17 bits per heavy atom. The minimum atomic E-state index is -0.764. The first-order valence-corrected chi connectivity index (χ1v) is 10.9. The molecule has 0 amide bonds. The number of aryl methyl sites for hydroxylation is 1. The summed E-state index contributed by atoms with van der Waals surface area (Å²) in [5.74, 6) is 1.13. The minimum Gasteiger partial charge on any atom is -0.508 e. The second kappa shape index (κ2) is 10.2. The molecule has 0 spiro atoms. The van der Waals surface area contributed by atoms with Crippen molar-refractivity contribution in [2.24, 2.45) is 0 Å². The van der Waals surface area contributed by atoms with Crippen LogP contribution in [0.25, 0.3) is 6.08 Å². The SMILES string of the molecule is CC(C)=CCCC(C)(O)C=CCC(C)=CCCC1(C)C=Cc2cc(O)cc(C)c2O1. The number of aliphatic hydroxyl groups is 1. The number of hydrogen-bond donors (Lipinski definition) is 2. The van der Waals surface area contributed by atoms with Gasteiger partial charge in [0.15, 0.2) is 0 Å². The maximum absolute atomic E-state index is 10.5. The predicted molar refractivity (Wildman–Crippen MR) is 127 cm³/mol. The van der Waals surface area contributed by atoms with Crippen LogP contribution in [0, 0.1) is 6.92 Å². The van der Waals surface area contributed by atoms with E-state index >= 15 is 0 Å². The molecule has 3 heteroatoms. The molecule has 0 aromatic heterocycles. The van der Waals surface area contributed by atoms with Crippen LogP contribution in [0.4, 0.5) is 0 Å². The molecule has 1 aromatic carbocycles. The summed E-state index contributed by atoms with van der Waals surface area (Å²) in [6.45, 7) is 12.2. The number of phenolic OH excluding ortho intramolecular Hbond substituents is 1. The second-order valence-corrected chi connectivity index (χ2v) is 9.30. The first kappa shape index (κ1) is 24.0. The standard InChI is InChI=1S/C27H38O3/c1-20(2)10-7-14-26(5,29)15-8-11-21(3)12-9-16-27(6)17-13-23-19-24(28)18-22(4)25(23)30-27/h8,10,12-13,15,17-19,28-29H,7,9,11,14,16H2,1-6H3. The molecule has 1 aliphatic rings. The summed E-state index contributed by atoms with van der Waals surface area (Å²) in [5.41, 5.74) is 3.34. The molecule has 0 radical (unpaired) electrons. The average Bonchev–Trinajstić information content (AvgIpc) is 2.62. The topological polar surface area (TPSA) is 49.7 Å². The molecule has 1 aromatic rings. The summed E-state index contributed by atoms with van der Waals surface area (Å²) < 4.78 is 6.29. The molecule has 2 unspecified atom stereocenters. The Bertz CT molecular complexity index is 851. The first-order chi connectivity index (χ1) is 14.0. The van der Waals surface area contributed by atoms with E-state index in [2.05, 4.69) is 52.0 Å². The van der Waals surface area contributed by atoms with E-state index in [4.69, 9.17) is 4.74 Å². The number of rotatable bonds is 9. The summed E-state index contributed by atoms with van der Waals surface area (Å²) in [7, 11) is 0. The van der Waals surface area contributed by atoms with Crippen molar-refractivity contribution in [2.75, 3.05) is 0 Å². The van der Waals surface area contributed by atoms with Crippen LogP contribution in [0.15, 0.2) is 53.7 Å². The minimum absolute atomic E-state index is 0.269. The van der Waals surface area contributed by atoms with Gasteiger partial charge < -0.3 is 14.9 Å². The fourth-order valence-corrected chi connectivity index (χ4v) is 3.64. The maximum Gasteiger partial charge on any atom is 0.131 e. The number of fused-ring (bicyclic) bond motifs is 1. The van der Waals surface area contributed by atoms with E-state index in [1.165, 1.54) is 11.1 Å². The van der Waals surface area contributed by atoms with Gasteiger partial charge in [-0.3, -0.25) is 0 Å². The number of allylic oxidation sites excluding steroid dienone is 5. The quantitative estimate of drug-likeness (QED) is 0.429. The predicted octanol–water partition coefficient (Wildman–Crippen LogP) is 7.04. The van der Waals surface area contributed by atoms with Crippen molar-refractivity contribution in [3.63, 3.8) is 0 Å². The van der Waals surface area contributed by atoms with Gasteiger partial charge in [-0.05, 0) is 97.4 Å². The average molecular weight is 411 g/mol. The molecule has 2 atom stereocenters. The van der Waals surface area contributed by atoms with Crippen molar-refractivity contribution in [1.82, 2.24) is 0 Å². The Kier molecular flexibility index (Phi) is 8.14. The summed E-state index contributed by atoms with van der Waals surface area (Å²) in [6, 6.07) is 3.48. The van der Waals surface area contributed by atoms with Crippen LogP contribution in [-0.4, -0.2) is 21.4 Å². The Morgan fingerprint density at radius 3 is 2.60 bits per heavy atom. The fraction of sp³-hybridized carbons (Fsp3) is 0.481. The Labute approximate surface area is 182 Å². The molecule has 1 heterocycles. The fourth-order valence-electron chi connectivity index (χ4n) is 3.64. The normalized spacial score (nSPS) is 20.6. The lowest BCUT2D eigenvalue weighted by molar-refractivity contribution is 0.103. The molecule has 0 saturated carbocycles. The number of aromatic hydroxyl groups is 1. The van der Waals surface area contributed by atoms with E-state index in [1.807, 2.05) is 26.0 Å². The highest BCUT2D eigenvalue weighted by atomic mass is 16.5. The van der Waals surface area contributed by atoms with E-state index in [0.717, 1.165) is 49.0 Å². The number of phenols is 1. The van der Waals surface area contributed by atoms with Crippen molar-refractivity contribution in [1.29, 1.82) is 0 Å². The Balaban J connectivity index is 1.86. The summed E-state index contributed by atoms with van der Waals surface area (Å²) in [5, 5.41) is 20.2. The summed E-state index contributed by atoms with van der Waals surface area (Å²) in [4.78, 5) is 0. The molecular formula is C27H38O3. The lowest BCUT2D eigenvalue weighted by atomic mass is 9.93. The third-order valence-corrected chi connectivity index (χ3v) is 5.49. The van der Waals surface area contributed by atoms with E-state index in [0.29, 0.717) is 0 Å². The van der Waals surface area contributed by atoms with Gasteiger partial charge in [0.2, 0.25) is 0 Å². The van der Waals surface area contributed by atoms with E-state index in [-0.39, 0.29) is 11.4 Å². The lowest BCUT2D eigenvalue weighted by Crippen LogP contribution is -2.32. The second-order valence-electron chi connectivity index (χ2n) is 9.30. The third kappa shape index (κ3) is 7.53. The lowest BCUT2D eigenvalue weighted by Gasteiger charge is -2.32. The van der Waals surface area contributed by atoms with Crippen LogP contribution in [0.2, 0.25) is 0 Å². The van der Waals surface area contributed by atoms with Crippen molar-refractivity contribution in [3.05, 3.63) is 64.8 Å². The highest BCUT2D eigenvalue weighted by molar-refractivity contribution is 5.65. The largest absolute Gasteiger partial charge is 0.508 e. The molecule has 2 N–H and O–H groups in total. The summed E-state index contributed by atoms with van der Waals surface area (Å²) in [6.07, 6.45) is 16.8. The highest BCUT2D eigenvalue weighted by Gasteiger charge is 2.27. The van der Waals surface area contributed by atoms with Gasteiger partial charge in [-0.15, -0.1) is 0 Å². The van der Waals surface area contributed by atoms with Crippen LogP contribution >= 0.6 is 0 Å². The van der Waals surface area contributed by atoms with Crippen molar-refractivity contribution >= 4 is 6.08 Å². The molecule has 0 saturated heterocycles. The third-order valence-electron chi connectivity index (χ3n) is 5.49. The molecule has 3 nitrogen and oxygen atoms in total. The Morgan fingerprint density at radius 2 is 1.90 bits per heavy atom. The van der Waals surface area contributed by atoms with Crippen LogP contribution in [-0.2, 0) is 0 Å². The number of hydrogen-bond acceptors (Lipinski definition) is 3. The summed E-state index contributed by atoms with van der Waals surface area (Å²) >= 11 is 0. The van der Waals surface area contributed by atoms with Gasteiger partial charge >= 0.3 is 0 Å². The van der Waals surface area contributed by atoms with Crippen molar-refractivity contribution in [2.45, 2.75) is 84.8 Å². The van der Waals surface area contributed by atoms with Gasteiger partial charge in [-0.2, -0.15) is 0 Å². The van der Waals surface area contributed by atoms with E-state index < -0.39 is 5.60 Å². The van der Waals surface area contributed by atoms with Gasteiger partial charge in [0.25, 0.3) is 0 Å².